The first-order valence-electron chi connectivity index (χ1n) is 10.1. The summed E-state index contributed by atoms with van der Waals surface area (Å²) in [5.74, 6) is 0. The van der Waals surface area contributed by atoms with Crippen molar-refractivity contribution in [2.45, 2.75) is 49.6 Å². The zero-order valence-electron chi connectivity index (χ0n) is 17.3. The smallest absolute Gasteiger partial charge is 0.416 e. The second-order valence-electron chi connectivity index (χ2n) is 8.15. The van der Waals surface area contributed by atoms with Crippen molar-refractivity contribution < 1.29 is 40.6 Å². The van der Waals surface area contributed by atoms with E-state index in [1.807, 2.05) is 12.1 Å². The van der Waals surface area contributed by atoms with Crippen molar-refractivity contribution in [1.82, 2.24) is 10.6 Å². The van der Waals surface area contributed by atoms with E-state index in [9.17, 15) is 31.1 Å². The van der Waals surface area contributed by atoms with Crippen molar-refractivity contribution in [2.24, 2.45) is 0 Å². The lowest BCUT2D eigenvalue weighted by Gasteiger charge is -2.32. The molecule has 0 aliphatic carbocycles. The minimum absolute atomic E-state index is 0.0813. The van der Waals surface area contributed by atoms with Crippen molar-refractivity contribution >= 4 is 6.09 Å². The first-order valence-corrected chi connectivity index (χ1v) is 10.1. The van der Waals surface area contributed by atoms with Crippen molar-refractivity contribution in [1.29, 1.82) is 0 Å². The minimum atomic E-state index is -4.94. The van der Waals surface area contributed by atoms with Gasteiger partial charge in [-0.1, -0.05) is 30.3 Å². The Morgan fingerprint density at radius 2 is 1.67 bits per heavy atom. The number of amides is 1. The predicted molar refractivity (Wildman–Crippen MR) is 104 cm³/mol. The summed E-state index contributed by atoms with van der Waals surface area (Å²) in [6.07, 6.45) is -12.2. The Morgan fingerprint density at radius 1 is 1.06 bits per heavy atom. The summed E-state index contributed by atoms with van der Waals surface area (Å²) >= 11 is 0. The maximum Gasteiger partial charge on any atom is 0.416 e. The van der Waals surface area contributed by atoms with Crippen LogP contribution in [-0.4, -0.2) is 25.0 Å². The fourth-order valence-electron chi connectivity index (χ4n) is 4.17. The molecule has 178 valence electrons. The molecule has 1 amide bonds. The number of rotatable bonds is 5. The van der Waals surface area contributed by atoms with Crippen molar-refractivity contribution in [3.63, 3.8) is 0 Å². The summed E-state index contributed by atoms with van der Waals surface area (Å²) in [4.78, 5) is 11.5. The number of ether oxygens (including phenoxy) is 2. The maximum atomic E-state index is 13.2. The van der Waals surface area contributed by atoms with Crippen LogP contribution in [0, 0.1) is 0 Å². The van der Waals surface area contributed by atoms with E-state index < -0.39 is 53.5 Å². The Hall–Kier alpha value is -2.79. The van der Waals surface area contributed by atoms with Crippen LogP contribution in [0.1, 0.15) is 41.7 Å². The molecule has 0 saturated carbocycles. The summed E-state index contributed by atoms with van der Waals surface area (Å²) in [5, 5.41) is 5.88. The SMILES string of the molecule is C[C@@H](OC[C@@]1(c2ccccc2)C[C@@H]2OC(=O)NC2N1)c1cc(C(F)(F)F)cc(C(F)(F)F)c1. The van der Waals surface area contributed by atoms with Crippen LogP contribution in [0.5, 0.6) is 0 Å². The molecule has 33 heavy (non-hydrogen) atoms. The highest BCUT2D eigenvalue weighted by Crippen LogP contribution is 2.40. The summed E-state index contributed by atoms with van der Waals surface area (Å²) in [6.45, 7) is 1.31. The summed E-state index contributed by atoms with van der Waals surface area (Å²) in [5.41, 5.74) is -3.13. The number of hydrogen-bond donors (Lipinski definition) is 2. The van der Waals surface area contributed by atoms with E-state index >= 15 is 0 Å². The number of alkyl halides is 6. The molecule has 0 radical (unpaired) electrons. The van der Waals surface area contributed by atoms with Gasteiger partial charge >= 0.3 is 18.4 Å². The molecule has 2 saturated heterocycles. The summed E-state index contributed by atoms with van der Waals surface area (Å²) in [6, 6.07) is 10.4. The fourth-order valence-corrected chi connectivity index (χ4v) is 4.17. The van der Waals surface area contributed by atoms with Crippen LogP contribution in [0.15, 0.2) is 48.5 Å². The lowest BCUT2D eigenvalue weighted by molar-refractivity contribution is -0.143. The fraction of sp³-hybridized carbons (Fsp3) is 0.409. The van der Waals surface area contributed by atoms with Crippen LogP contribution in [0.3, 0.4) is 0 Å². The van der Waals surface area contributed by atoms with Gasteiger partial charge in [-0.3, -0.25) is 5.32 Å². The summed E-state index contributed by atoms with van der Waals surface area (Å²) in [7, 11) is 0. The van der Waals surface area contributed by atoms with E-state index in [2.05, 4.69) is 10.6 Å². The molecule has 4 atom stereocenters. The number of carbonyl (C=O) groups excluding carboxylic acids is 1. The first-order chi connectivity index (χ1) is 15.4. The van der Waals surface area contributed by atoms with Crippen LogP contribution in [0.2, 0.25) is 0 Å². The van der Waals surface area contributed by atoms with Gasteiger partial charge in [0.05, 0.1) is 29.4 Å². The standard InChI is InChI=1S/C22H20F6N2O3/c1-12(13-7-15(21(23,24)25)9-16(8-13)22(26,27)28)32-11-20(14-5-3-2-4-6-14)10-17-18(30-20)29-19(31)33-17/h2-9,12,17-18,30H,10-11H2,1H3,(H,29,31)/t12-,17+,18?,20-/m1/s1. The Morgan fingerprint density at radius 3 is 2.21 bits per heavy atom. The topological polar surface area (TPSA) is 59.6 Å². The van der Waals surface area contributed by atoms with Gasteiger partial charge in [0.25, 0.3) is 0 Å². The van der Waals surface area contributed by atoms with E-state index in [4.69, 9.17) is 9.47 Å². The maximum absolute atomic E-state index is 13.2. The summed E-state index contributed by atoms with van der Waals surface area (Å²) < 4.78 is 90.3. The predicted octanol–water partition coefficient (Wildman–Crippen LogP) is 5.13. The Labute approximate surface area is 185 Å². The largest absolute Gasteiger partial charge is 0.442 e. The molecule has 0 bridgehead atoms. The molecule has 1 unspecified atom stereocenters. The van der Waals surface area contributed by atoms with Crippen LogP contribution in [0.4, 0.5) is 31.1 Å². The zero-order chi connectivity index (χ0) is 24.0. The molecular weight excluding hydrogens is 454 g/mol. The van der Waals surface area contributed by atoms with Gasteiger partial charge in [-0.05, 0) is 36.2 Å². The van der Waals surface area contributed by atoms with Gasteiger partial charge in [-0.2, -0.15) is 26.3 Å². The zero-order valence-corrected chi connectivity index (χ0v) is 17.3. The first kappa shape index (κ1) is 23.4. The molecule has 2 heterocycles. The third kappa shape index (κ3) is 4.79. The molecule has 2 aromatic rings. The number of benzene rings is 2. The van der Waals surface area contributed by atoms with E-state index in [1.165, 1.54) is 6.92 Å². The molecule has 2 aliphatic heterocycles. The molecule has 2 fully saturated rings. The highest BCUT2D eigenvalue weighted by atomic mass is 19.4. The lowest BCUT2D eigenvalue weighted by atomic mass is 9.88. The normalized spacial score (nSPS) is 26.0. The van der Waals surface area contributed by atoms with E-state index in [0.29, 0.717) is 18.6 Å². The van der Waals surface area contributed by atoms with E-state index in [1.54, 1.807) is 18.2 Å². The number of alkyl carbamates (subject to hydrolysis) is 1. The van der Waals surface area contributed by atoms with Gasteiger partial charge in [0.1, 0.15) is 12.3 Å². The molecule has 2 aliphatic rings. The molecule has 2 N–H and O–H groups in total. The molecule has 0 aromatic heterocycles. The van der Waals surface area contributed by atoms with Gasteiger partial charge in [0.2, 0.25) is 0 Å². The van der Waals surface area contributed by atoms with Gasteiger partial charge in [0, 0.05) is 6.42 Å². The number of fused-ring (bicyclic) bond motifs is 1. The minimum Gasteiger partial charge on any atom is -0.442 e. The van der Waals surface area contributed by atoms with Crippen LogP contribution in [-0.2, 0) is 27.4 Å². The van der Waals surface area contributed by atoms with E-state index in [-0.39, 0.29) is 18.2 Å². The van der Waals surface area contributed by atoms with Crippen molar-refractivity contribution in [3.05, 3.63) is 70.8 Å². The van der Waals surface area contributed by atoms with Gasteiger partial charge < -0.3 is 14.8 Å². The van der Waals surface area contributed by atoms with Crippen LogP contribution in [0.25, 0.3) is 0 Å². The Bertz CT molecular complexity index is 977. The third-order valence-corrected chi connectivity index (χ3v) is 5.87. The number of nitrogens with one attached hydrogen (secondary N) is 2. The third-order valence-electron chi connectivity index (χ3n) is 5.87. The number of hydrogen-bond acceptors (Lipinski definition) is 4. The second-order valence-corrected chi connectivity index (χ2v) is 8.15. The number of halogens is 6. The van der Waals surface area contributed by atoms with Crippen LogP contribution >= 0.6 is 0 Å². The molecule has 2 aromatic carbocycles. The molecule has 11 heteroatoms. The van der Waals surface area contributed by atoms with Crippen LogP contribution < -0.4 is 10.6 Å². The van der Waals surface area contributed by atoms with Crippen molar-refractivity contribution in [3.8, 4) is 0 Å². The molecule has 5 nitrogen and oxygen atoms in total. The number of carbonyl (C=O) groups is 1. The molecule has 4 rings (SSSR count). The monoisotopic (exact) mass is 474 g/mol. The average Bonchev–Trinajstić information content (AvgIpc) is 3.26. The Kier molecular flexibility index (Phi) is 5.81. The second kappa shape index (κ2) is 8.21. The van der Waals surface area contributed by atoms with Gasteiger partial charge in [-0.25, -0.2) is 4.79 Å². The molecule has 0 spiro atoms. The highest BCUT2D eigenvalue weighted by Gasteiger charge is 2.52. The molecular formula is C22H20F6N2O3. The van der Waals surface area contributed by atoms with E-state index in [0.717, 1.165) is 5.56 Å². The van der Waals surface area contributed by atoms with Gasteiger partial charge in [0.15, 0.2) is 0 Å². The van der Waals surface area contributed by atoms with Gasteiger partial charge in [-0.15, -0.1) is 0 Å². The average molecular weight is 474 g/mol. The quantitative estimate of drug-likeness (QED) is 0.591. The highest BCUT2D eigenvalue weighted by molar-refractivity contribution is 5.70. The Balaban J connectivity index is 1.60. The van der Waals surface area contributed by atoms with Crippen molar-refractivity contribution in [2.75, 3.05) is 6.61 Å². The lowest BCUT2D eigenvalue weighted by Crippen LogP contribution is -2.49.